The maximum atomic E-state index is 12.8. The summed E-state index contributed by atoms with van der Waals surface area (Å²) < 4.78 is 11.3. The molecular formula is C24H28N2O3S. The van der Waals surface area contributed by atoms with E-state index in [1.54, 1.807) is 4.90 Å². The van der Waals surface area contributed by atoms with Crippen LogP contribution in [0, 0.1) is 0 Å². The highest BCUT2D eigenvalue weighted by Crippen LogP contribution is 2.29. The summed E-state index contributed by atoms with van der Waals surface area (Å²) in [5.74, 6) is 1.36. The molecule has 5 nitrogen and oxygen atoms in total. The van der Waals surface area contributed by atoms with Crippen LogP contribution < -0.4 is 14.8 Å². The predicted molar refractivity (Wildman–Crippen MR) is 124 cm³/mol. The number of nitrogens with one attached hydrogen (secondary N) is 1. The largest absolute Gasteiger partial charge is 0.490 e. The van der Waals surface area contributed by atoms with Crippen LogP contribution in [0.2, 0.25) is 0 Å². The number of rotatable bonds is 9. The van der Waals surface area contributed by atoms with E-state index in [9.17, 15) is 4.79 Å². The van der Waals surface area contributed by atoms with Gasteiger partial charge < -0.3 is 14.8 Å². The van der Waals surface area contributed by atoms with Gasteiger partial charge >= 0.3 is 0 Å². The Kier molecular flexibility index (Phi) is 7.46. The van der Waals surface area contributed by atoms with Gasteiger partial charge in [-0.05, 0) is 73.8 Å². The summed E-state index contributed by atoms with van der Waals surface area (Å²) in [4.78, 5) is 14.4. The number of carbonyl (C=O) groups excluding carboxylic acids is 1. The molecule has 158 valence electrons. The number of aryl methyl sites for hydroxylation is 1. The van der Waals surface area contributed by atoms with Gasteiger partial charge in [0.15, 0.2) is 16.6 Å². The highest BCUT2D eigenvalue weighted by Gasteiger charge is 2.30. The first-order valence-corrected chi connectivity index (χ1v) is 10.8. The van der Waals surface area contributed by atoms with Crippen molar-refractivity contribution >= 4 is 29.3 Å². The van der Waals surface area contributed by atoms with Crippen LogP contribution in [0.5, 0.6) is 11.5 Å². The lowest BCUT2D eigenvalue weighted by Gasteiger charge is -2.15. The fraction of sp³-hybridized carbons (Fsp3) is 0.333. The van der Waals surface area contributed by atoms with Gasteiger partial charge in [0.05, 0.1) is 13.2 Å². The molecule has 0 bridgehead atoms. The van der Waals surface area contributed by atoms with Crippen molar-refractivity contribution in [1.82, 2.24) is 10.2 Å². The zero-order chi connectivity index (χ0) is 21.5. The van der Waals surface area contributed by atoms with Crippen LogP contribution in [0.1, 0.15) is 37.5 Å². The Balaban J connectivity index is 1.68. The number of ether oxygens (including phenoxy) is 2. The van der Waals surface area contributed by atoms with E-state index in [-0.39, 0.29) is 5.91 Å². The molecule has 1 fully saturated rings. The van der Waals surface area contributed by atoms with E-state index >= 15 is 0 Å². The summed E-state index contributed by atoms with van der Waals surface area (Å²) >= 11 is 5.40. The van der Waals surface area contributed by atoms with Crippen LogP contribution in [0.4, 0.5) is 0 Å². The SMILES string of the molecule is CCOc1ccc(CCN2C(=O)/C(=C\c3ccc(CC)cc3)NC2=S)cc1OCC. The number of hydrogen-bond acceptors (Lipinski definition) is 4. The van der Waals surface area contributed by atoms with E-state index in [1.807, 2.05) is 50.3 Å². The van der Waals surface area contributed by atoms with Gasteiger partial charge in [-0.3, -0.25) is 9.69 Å². The molecule has 2 aromatic carbocycles. The molecule has 0 atom stereocenters. The van der Waals surface area contributed by atoms with E-state index in [2.05, 4.69) is 24.4 Å². The third kappa shape index (κ3) is 5.19. The van der Waals surface area contributed by atoms with E-state index in [0.717, 1.165) is 29.0 Å². The molecule has 0 aliphatic carbocycles. The number of thiocarbonyl (C=S) groups is 1. The molecule has 30 heavy (non-hydrogen) atoms. The monoisotopic (exact) mass is 424 g/mol. The van der Waals surface area contributed by atoms with Crippen molar-refractivity contribution in [3.63, 3.8) is 0 Å². The molecule has 0 aromatic heterocycles. The van der Waals surface area contributed by atoms with Crippen LogP contribution >= 0.6 is 12.2 Å². The third-order valence-electron chi connectivity index (χ3n) is 4.89. The molecule has 1 N–H and O–H groups in total. The number of nitrogens with zero attached hydrogens (tertiary/aromatic N) is 1. The summed E-state index contributed by atoms with van der Waals surface area (Å²) in [6.45, 7) is 7.65. The smallest absolute Gasteiger partial charge is 0.276 e. The first-order chi connectivity index (χ1) is 14.5. The number of carbonyl (C=O) groups is 1. The van der Waals surface area contributed by atoms with Gasteiger partial charge in [0.25, 0.3) is 5.91 Å². The van der Waals surface area contributed by atoms with Crippen molar-refractivity contribution < 1.29 is 14.3 Å². The van der Waals surface area contributed by atoms with Crippen molar-refractivity contribution in [2.45, 2.75) is 33.6 Å². The molecule has 6 heteroatoms. The molecule has 0 spiro atoms. The lowest BCUT2D eigenvalue weighted by Crippen LogP contribution is -2.32. The van der Waals surface area contributed by atoms with Gasteiger partial charge in [-0.1, -0.05) is 37.3 Å². The number of amides is 1. The predicted octanol–water partition coefficient (Wildman–Crippen LogP) is 4.35. The standard InChI is InChI=1S/C24H28N2O3S/c1-4-17-7-9-18(10-8-17)15-20-23(27)26(24(30)25-20)14-13-19-11-12-21(28-5-2)22(16-19)29-6-3/h7-12,15-16H,4-6,13-14H2,1-3H3,(H,25,30)/b20-15+. The summed E-state index contributed by atoms with van der Waals surface area (Å²) in [5, 5.41) is 3.49. The van der Waals surface area contributed by atoms with Crippen molar-refractivity contribution in [3.8, 4) is 11.5 Å². The molecule has 0 radical (unpaired) electrons. The molecule has 3 rings (SSSR count). The highest BCUT2D eigenvalue weighted by atomic mass is 32.1. The zero-order valence-electron chi connectivity index (χ0n) is 17.7. The van der Waals surface area contributed by atoms with Gasteiger partial charge in [-0.25, -0.2) is 0 Å². The van der Waals surface area contributed by atoms with E-state index in [0.29, 0.717) is 37.0 Å². The van der Waals surface area contributed by atoms with E-state index in [4.69, 9.17) is 21.7 Å². The van der Waals surface area contributed by atoms with E-state index < -0.39 is 0 Å². The Morgan fingerprint density at radius 1 is 0.967 bits per heavy atom. The molecule has 0 saturated carbocycles. The molecule has 1 saturated heterocycles. The second kappa shape index (κ2) is 10.3. The molecule has 0 unspecified atom stereocenters. The van der Waals surface area contributed by atoms with Crippen LogP contribution in [-0.2, 0) is 17.6 Å². The van der Waals surface area contributed by atoms with Crippen LogP contribution in [-0.4, -0.2) is 35.7 Å². The molecule has 2 aromatic rings. The number of hydrogen-bond donors (Lipinski definition) is 1. The van der Waals surface area contributed by atoms with Crippen molar-refractivity contribution in [1.29, 1.82) is 0 Å². The molecule has 1 heterocycles. The van der Waals surface area contributed by atoms with Gasteiger partial charge in [0.1, 0.15) is 5.70 Å². The number of benzene rings is 2. The molecule has 1 aliphatic rings. The fourth-order valence-corrected chi connectivity index (χ4v) is 3.57. The van der Waals surface area contributed by atoms with Crippen molar-refractivity contribution in [3.05, 3.63) is 64.9 Å². The Morgan fingerprint density at radius 2 is 1.63 bits per heavy atom. The third-order valence-corrected chi connectivity index (χ3v) is 5.22. The second-order valence-electron chi connectivity index (χ2n) is 6.94. The Bertz CT molecular complexity index is 938. The minimum absolute atomic E-state index is 0.101. The van der Waals surface area contributed by atoms with Gasteiger partial charge in [0.2, 0.25) is 0 Å². The summed E-state index contributed by atoms with van der Waals surface area (Å²) in [5.41, 5.74) is 3.80. The van der Waals surface area contributed by atoms with Gasteiger partial charge in [-0.15, -0.1) is 0 Å². The normalized spacial score (nSPS) is 14.9. The van der Waals surface area contributed by atoms with E-state index in [1.165, 1.54) is 5.56 Å². The highest BCUT2D eigenvalue weighted by molar-refractivity contribution is 7.80. The van der Waals surface area contributed by atoms with Crippen molar-refractivity contribution in [2.24, 2.45) is 0 Å². The summed E-state index contributed by atoms with van der Waals surface area (Å²) in [6.07, 6.45) is 3.50. The maximum absolute atomic E-state index is 12.8. The average molecular weight is 425 g/mol. The van der Waals surface area contributed by atoms with Crippen molar-refractivity contribution in [2.75, 3.05) is 19.8 Å². The molecular weight excluding hydrogens is 396 g/mol. The van der Waals surface area contributed by atoms with Crippen LogP contribution in [0.3, 0.4) is 0 Å². The zero-order valence-corrected chi connectivity index (χ0v) is 18.6. The second-order valence-corrected chi connectivity index (χ2v) is 7.32. The maximum Gasteiger partial charge on any atom is 0.276 e. The Hall–Kier alpha value is -2.86. The fourth-order valence-electron chi connectivity index (χ4n) is 3.28. The minimum atomic E-state index is -0.101. The van der Waals surface area contributed by atoms with Crippen LogP contribution in [0.25, 0.3) is 6.08 Å². The first kappa shape index (κ1) is 21.8. The minimum Gasteiger partial charge on any atom is -0.490 e. The lowest BCUT2D eigenvalue weighted by molar-refractivity contribution is -0.122. The lowest BCUT2D eigenvalue weighted by atomic mass is 10.1. The van der Waals surface area contributed by atoms with Crippen LogP contribution in [0.15, 0.2) is 48.2 Å². The quantitative estimate of drug-likeness (QED) is 0.479. The topological polar surface area (TPSA) is 50.8 Å². The summed E-state index contributed by atoms with van der Waals surface area (Å²) in [7, 11) is 0. The summed E-state index contributed by atoms with van der Waals surface area (Å²) in [6, 6.07) is 14.1. The molecule has 1 amide bonds. The Labute approximate surface area is 183 Å². The Morgan fingerprint density at radius 3 is 2.30 bits per heavy atom. The van der Waals surface area contributed by atoms with Gasteiger partial charge in [0, 0.05) is 6.54 Å². The molecule has 1 aliphatic heterocycles. The average Bonchev–Trinajstić information content (AvgIpc) is 3.01. The van der Waals surface area contributed by atoms with Gasteiger partial charge in [-0.2, -0.15) is 0 Å². The first-order valence-electron chi connectivity index (χ1n) is 10.4.